The maximum absolute atomic E-state index is 5.61. The van der Waals surface area contributed by atoms with E-state index in [-0.39, 0.29) is 0 Å². The Kier molecular flexibility index (Phi) is 1.44. The molecule has 2 fully saturated rings. The van der Waals surface area contributed by atoms with Crippen molar-refractivity contribution in [2.45, 2.75) is 38.0 Å². The standard InChI is InChI=1S/C7H13NO/c1-2-6-4-5-8-7(3-1)9-6/h6-8H,1-5H2. The molecule has 0 amide bonds. The predicted molar refractivity (Wildman–Crippen MR) is 35.1 cm³/mol. The van der Waals surface area contributed by atoms with E-state index in [0.29, 0.717) is 12.3 Å². The molecule has 0 saturated carbocycles. The number of rotatable bonds is 0. The van der Waals surface area contributed by atoms with Crippen molar-refractivity contribution >= 4 is 0 Å². The molecular formula is C7H13NO. The first-order valence-electron chi connectivity index (χ1n) is 3.84. The molecule has 2 heterocycles. The number of hydrogen-bond acceptors (Lipinski definition) is 2. The molecule has 0 spiro atoms. The molecule has 0 aliphatic carbocycles. The van der Waals surface area contributed by atoms with Gasteiger partial charge in [0.15, 0.2) is 0 Å². The van der Waals surface area contributed by atoms with Gasteiger partial charge in [-0.1, -0.05) is 0 Å². The lowest BCUT2D eigenvalue weighted by molar-refractivity contribution is -0.0932. The van der Waals surface area contributed by atoms with Crippen LogP contribution in [0, 0.1) is 0 Å². The average molecular weight is 127 g/mol. The molecule has 0 aromatic carbocycles. The van der Waals surface area contributed by atoms with Gasteiger partial charge in [0.05, 0.1) is 6.10 Å². The van der Waals surface area contributed by atoms with Crippen molar-refractivity contribution in [3.8, 4) is 0 Å². The molecular weight excluding hydrogens is 114 g/mol. The Balaban J connectivity index is 1.96. The molecule has 0 aromatic rings. The van der Waals surface area contributed by atoms with Crippen LogP contribution in [0.25, 0.3) is 0 Å². The van der Waals surface area contributed by atoms with Crippen molar-refractivity contribution in [2.24, 2.45) is 0 Å². The van der Waals surface area contributed by atoms with Crippen LogP contribution in [0.4, 0.5) is 0 Å². The molecule has 2 nitrogen and oxygen atoms in total. The lowest BCUT2D eigenvalue weighted by Crippen LogP contribution is -2.45. The largest absolute Gasteiger partial charge is 0.360 e. The van der Waals surface area contributed by atoms with Crippen LogP contribution >= 0.6 is 0 Å². The summed E-state index contributed by atoms with van der Waals surface area (Å²) in [5, 5.41) is 3.33. The minimum atomic E-state index is 0.400. The van der Waals surface area contributed by atoms with Gasteiger partial charge in [-0.05, 0) is 32.2 Å². The van der Waals surface area contributed by atoms with Gasteiger partial charge in [0.25, 0.3) is 0 Å². The van der Waals surface area contributed by atoms with Gasteiger partial charge in [0.2, 0.25) is 0 Å². The second-order valence-electron chi connectivity index (χ2n) is 2.92. The fourth-order valence-electron chi connectivity index (χ4n) is 1.67. The summed E-state index contributed by atoms with van der Waals surface area (Å²) in [6, 6.07) is 0. The lowest BCUT2D eigenvalue weighted by Gasteiger charge is -2.35. The Morgan fingerprint density at radius 3 is 3.00 bits per heavy atom. The molecule has 2 atom stereocenters. The molecule has 2 heteroatoms. The summed E-state index contributed by atoms with van der Waals surface area (Å²) >= 11 is 0. The van der Waals surface area contributed by atoms with Gasteiger partial charge in [-0.3, -0.25) is 5.32 Å². The van der Waals surface area contributed by atoms with Crippen LogP contribution in [-0.4, -0.2) is 18.9 Å². The quantitative estimate of drug-likeness (QED) is 0.521. The zero-order chi connectivity index (χ0) is 6.10. The monoisotopic (exact) mass is 127 g/mol. The predicted octanol–water partition coefficient (Wildman–Crippen LogP) is 0.875. The van der Waals surface area contributed by atoms with E-state index in [4.69, 9.17) is 4.74 Å². The van der Waals surface area contributed by atoms with Crippen molar-refractivity contribution in [2.75, 3.05) is 6.54 Å². The third-order valence-corrected chi connectivity index (χ3v) is 2.19. The van der Waals surface area contributed by atoms with Crippen molar-refractivity contribution in [3.05, 3.63) is 0 Å². The highest BCUT2D eigenvalue weighted by atomic mass is 16.5. The second-order valence-corrected chi connectivity index (χ2v) is 2.92. The Morgan fingerprint density at radius 1 is 1.22 bits per heavy atom. The lowest BCUT2D eigenvalue weighted by atomic mass is 10.0. The number of hydrogen-bond donors (Lipinski definition) is 1. The maximum atomic E-state index is 5.61. The van der Waals surface area contributed by atoms with Gasteiger partial charge < -0.3 is 4.74 Å². The van der Waals surface area contributed by atoms with E-state index >= 15 is 0 Å². The molecule has 2 rings (SSSR count). The fourth-order valence-corrected chi connectivity index (χ4v) is 1.67. The average Bonchev–Trinajstić information content (AvgIpc) is 1.88. The van der Waals surface area contributed by atoms with E-state index in [1.165, 1.54) is 25.7 Å². The zero-order valence-electron chi connectivity index (χ0n) is 5.60. The van der Waals surface area contributed by atoms with Gasteiger partial charge in [-0.2, -0.15) is 0 Å². The van der Waals surface area contributed by atoms with Crippen molar-refractivity contribution in [1.82, 2.24) is 5.32 Å². The van der Waals surface area contributed by atoms with Crippen LogP contribution in [0.2, 0.25) is 0 Å². The summed E-state index contributed by atoms with van der Waals surface area (Å²) in [7, 11) is 0. The fraction of sp³-hybridized carbons (Fsp3) is 1.00. The van der Waals surface area contributed by atoms with Gasteiger partial charge in [0, 0.05) is 0 Å². The summed E-state index contributed by atoms with van der Waals surface area (Å²) in [6.07, 6.45) is 6.07. The summed E-state index contributed by atoms with van der Waals surface area (Å²) in [5.74, 6) is 0. The summed E-state index contributed by atoms with van der Waals surface area (Å²) in [6.45, 7) is 1.16. The maximum Gasteiger partial charge on any atom is 0.108 e. The van der Waals surface area contributed by atoms with Crippen molar-refractivity contribution in [3.63, 3.8) is 0 Å². The third kappa shape index (κ3) is 1.10. The summed E-state index contributed by atoms with van der Waals surface area (Å²) < 4.78 is 5.61. The third-order valence-electron chi connectivity index (χ3n) is 2.19. The molecule has 52 valence electrons. The van der Waals surface area contributed by atoms with Gasteiger partial charge in [0.1, 0.15) is 6.23 Å². The van der Waals surface area contributed by atoms with E-state index in [0.717, 1.165) is 6.54 Å². The second kappa shape index (κ2) is 2.27. The first kappa shape index (κ1) is 5.69. The summed E-state index contributed by atoms with van der Waals surface area (Å²) in [4.78, 5) is 0. The van der Waals surface area contributed by atoms with Crippen molar-refractivity contribution in [1.29, 1.82) is 0 Å². The SMILES string of the molecule is C1CC2CCNC(C1)O2. The minimum Gasteiger partial charge on any atom is -0.360 e. The molecule has 0 radical (unpaired) electrons. The van der Waals surface area contributed by atoms with Crippen LogP contribution in [-0.2, 0) is 4.74 Å². The van der Waals surface area contributed by atoms with Crippen LogP contribution in [0.1, 0.15) is 25.7 Å². The molecule has 2 aliphatic rings. The van der Waals surface area contributed by atoms with Crippen LogP contribution in [0.3, 0.4) is 0 Å². The van der Waals surface area contributed by atoms with E-state index < -0.39 is 0 Å². The van der Waals surface area contributed by atoms with Crippen LogP contribution in [0.5, 0.6) is 0 Å². The van der Waals surface area contributed by atoms with Gasteiger partial charge in [-0.25, -0.2) is 0 Å². The topological polar surface area (TPSA) is 21.3 Å². The Morgan fingerprint density at radius 2 is 2.22 bits per heavy atom. The van der Waals surface area contributed by atoms with Crippen LogP contribution in [0.15, 0.2) is 0 Å². The first-order valence-corrected chi connectivity index (χ1v) is 3.84. The number of ether oxygens (including phenoxy) is 1. The Bertz CT molecular complexity index is 85.1. The van der Waals surface area contributed by atoms with E-state index in [2.05, 4.69) is 5.32 Å². The van der Waals surface area contributed by atoms with Gasteiger partial charge in [-0.15, -0.1) is 0 Å². The van der Waals surface area contributed by atoms with E-state index in [1.54, 1.807) is 0 Å². The molecule has 2 aliphatic heterocycles. The molecule has 2 unspecified atom stereocenters. The van der Waals surface area contributed by atoms with Crippen LogP contribution < -0.4 is 5.32 Å². The highest BCUT2D eigenvalue weighted by molar-refractivity contribution is 4.75. The molecule has 1 N–H and O–H groups in total. The van der Waals surface area contributed by atoms with Gasteiger partial charge >= 0.3 is 0 Å². The molecule has 2 bridgehead atoms. The first-order chi connectivity index (χ1) is 4.45. The number of nitrogens with one attached hydrogen (secondary N) is 1. The highest BCUT2D eigenvalue weighted by Crippen LogP contribution is 2.22. The summed E-state index contributed by atoms with van der Waals surface area (Å²) in [5.41, 5.74) is 0. The normalized spacial score (nSPS) is 42.7. The molecule has 9 heavy (non-hydrogen) atoms. The van der Waals surface area contributed by atoms with Crippen molar-refractivity contribution < 1.29 is 4.74 Å². The van der Waals surface area contributed by atoms with E-state index in [1.807, 2.05) is 0 Å². The zero-order valence-corrected chi connectivity index (χ0v) is 5.60. The highest BCUT2D eigenvalue weighted by Gasteiger charge is 2.25. The number of fused-ring (bicyclic) bond motifs is 2. The molecule has 0 aromatic heterocycles. The smallest absolute Gasteiger partial charge is 0.108 e. The Hall–Kier alpha value is -0.0800. The molecule has 2 saturated heterocycles. The van der Waals surface area contributed by atoms with E-state index in [9.17, 15) is 0 Å². The minimum absolute atomic E-state index is 0.400. The Labute approximate surface area is 55.6 Å².